The first-order valence-corrected chi connectivity index (χ1v) is 9.23. The van der Waals surface area contributed by atoms with Gasteiger partial charge < -0.3 is 15.2 Å². The number of fused-ring (bicyclic) bond motifs is 5. The summed E-state index contributed by atoms with van der Waals surface area (Å²) in [5.74, 6) is -1.96. The lowest BCUT2D eigenvalue weighted by Gasteiger charge is -2.05. The summed E-state index contributed by atoms with van der Waals surface area (Å²) in [5.41, 5.74) is 4.90. The van der Waals surface area contributed by atoms with Gasteiger partial charge in [0.05, 0.1) is 29.1 Å². The molecule has 0 saturated carbocycles. The number of aliphatic carboxylic acids is 1. The topological polar surface area (TPSA) is 125 Å². The highest BCUT2D eigenvalue weighted by Crippen LogP contribution is 2.37. The Labute approximate surface area is 181 Å². The first-order valence-electron chi connectivity index (χ1n) is 9.23. The van der Waals surface area contributed by atoms with Crippen LogP contribution in [0.2, 0.25) is 0 Å². The zero-order chi connectivity index (χ0) is 21.0. The molecule has 156 valence electrons. The molecule has 0 spiro atoms. The van der Waals surface area contributed by atoms with E-state index in [-0.39, 0.29) is 35.6 Å². The van der Waals surface area contributed by atoms with Crippen molar-refractivity contribution in [3.8, 4) is 22.5 Å². The number of carboxylic acid groups (broad SMARTS) is 2. The summed E-state index contributed by atoms with van der Waals surface area (Å²) in [6.45, 7) is 0. The van der Waals surface area contributed by atoms with Gasteiger partial charge in [-0.15, -0.1) is 12.4 Å². The molecule has 2 aromatic carbocycles. The van der Waals surface area contributed by atoms with Crippen molar-refractivity contribution < 1.29 is 19.8 Å². The van der Waals surface area contributed by atoms with Crippen LogP contribution in [0.5, 0.6) is 0 Å². The lowest BCUT2D eigenvalue weighted by atomic mass is 10.0. The molecule has 0 saturated heterocycles. The van der Waals surface area contributed by atoms with Crippen LogP contribution >= 0.6 is 12.4 Å². The Morgan fingerprint density at radius 3 is 2.65 bits per heavy atom. The quantitative estimate of drug-likeness (QED) is 0.397. The Hall–Kier alpha value is -3.91. The highest BCUT2D eigenvalue weighted by molar-refractivity contribution is 5.89. The number of halogens is 1. The van der Waals surface area contributed by atoms with Crippen molar-refractivity contribution in [1.82, 2.24) is 14.4 Å². The number of hydrogen-bond acceptors (Lipinski definition) is 4. The Kier molecular flexibility index (Phi) is 4.87. The fourth-order valence-electron chi connectivity index (χ4n) is 4.03. The van der Waals surface area contributed by atoms with Crippen LogP contribution in [0.1, 0.15) is 27.2 Å². The summed E-state index contributed by atoms with van der Waals surface area (Å²) < 4.78 is 1.71. The Morgan fingerprint density at radius 2 is 1.90 bits per heavy atom. The van der Waals surface area contributed by atoms with Gasteiger partial charge in [0.1, 0.15) is 0 Å². The largest absolute Gasteiger partial charge is 0.481 e. The van der Waals surface area contributed by atoms with Crippen molar-refractivity contribution >= 4 is 30.0 Å². The van der Waals surface area contributed by atoms with Crippen LogP contribution in [0.4, 0.5) is 0 Å². The molecule has 1 aliphatic rings. The van der Waals surface area contributed by atoms with Gasteiger partial charge in [-0.05, 0) is 23.3 Å². The zero-order valence-corrected chi connectivity index (χ0v) is 16.8. The van der Waals surface area contributed by atoms with E-state index in [1.54, 1.807) is 34.9 Å². The molecule has 0 radical (unpaired) electrons. The van der Waals surface area contributed by atoms with Gasteiger partial charge >= 0.3 is 11.9 Å². The first-order chi connectivity index (χ1) is 14.4. The maximum absolute atomic E-state index is 12.7. The number of hydrogen-bond donors (Lipinski definition) is 3. The van der Waals surface area contributed by atoms with Crippen molar-refractivity contribution in [3.05, 3.63) is 81.4 Å². The smallest absolute Gasteiger partial charge is 0.335 e. The van der Waals surface area contributed by atoms with Gasteiger partial charge in [0.25, 0.3) is 5.56 Å². The molecule has 1 aliphatic carbocycles. The number of benzene rings is 2. The lowest BCUT2D eigenvalue weighted by Crippen LogP contribution is -2.13. The Balaban J connectivity index is 0.00000231. The molecule has 31 heavy (non-hydrogen) atoms. The maximum Gasteiger partial charge on any atom is 0.335 e. The minimum absolute atomic E-state index is 0. The maximum atomic E-state index is 12.7. The van der Waals surface area contributed by atoms with Crippen LogP contribution in [0.3, 0.4) is 0 Å². The van der Waals surface area contributed by atoms with Crippen molar-refractivity contribution in [2.24, 2.45) is 0 Å². The van der Waals surface area contributed by atoms with E-state index >= 15 is 0 Å². The van der Waals surface area contributed by atoms with E-state index < -0.39 is 11.9 Å². The van der Waals surface area contributed by atoms with E-state index in [2.05, 4.69) is 9.97 Å². The first kappa shape index (κ1) is 20.4. The number of H-pyrrole nitrogens is 1. The van der Waals surface area contributed by atoms with Crippen molar-refractivity contribution in [2.75, 3.05) is 0 Å². The third-order valence-corrected chi connectivity index (χ3v) is 5.36. The second-order valence-corrected chi connectivity index (χ2v) is 7.17. The second kappa shape index (κ2) is 7.41. The van der Waals surface area contributed by atoms with Crippen molar-refractivity contribution in [2.45, 2.75) is 12.8 Å². The number of aromatic nitrogens is 3. The Bertz CT molecular complexity index is 1440. The summed E-state index contributed by atoms with van der Waals surface area (Å²) in [5, 5.41) is 18.4. The molecular formula is C22H16ClN3O5. The molecule has 0 atom stereocenters. The minimum Gasteiger partial charge on any atom is -0.481 e. The normalized spacial score (nSPS) is 11.6. The van der Waals surface area contributed by atoms with Crippen LogP contribution in [0.25, 0.3) is 28.2 Å². The van der Waals surface area contributed by atoms with Gasteiger partial charge in [0.15, 0.2) is 0 Å². The van der Waals surface area contributed by atoms with Gasteiger partial charge in [0, 0.05) is 23.7 Å². The molecule has 8 nitrogen and oxygen atoms in total. The highest BCUT2D eigenvalue weighted by atomic mass is 35.5. The Morgan fingerprint density at radius 1 is 1.13 bits per heavy atom. The summed E-state index contributed by atoms with van der Waals surface area (Å²) in [6.07, 6.45) is 2.08. The van der Waals surface area contributed by atoms with Gasteiger partial charge in [-0.25, -0.2) is 9.78 Å². The van der Waals surface area contributed by atoms with Crippen molar-refractivity contribution in [3.63, 3.8) is 0 Å². The summed E-state index contributed by atoms with van der Waals surface area (Å²) in [4.78, 5) is 42.5. The molecule has 2 aromatic heterocycles. The molecule has 5 rings (SSSR count). The summed E-state index contributed by atoms with van der Waals surface area (Å²) in [6, 6.07) is 11.8. The number of rotatable bonds is 4. The standard InChI is InChI=1S/C22H15N3O5.ClH/c26-18(27)8-11-3-2-6-14-15(11)9-17-19(14)24-21(28)20-23-16(10-25(17)20)12-4-1-5-13(7-12)22(29)30;/h1-7,10H,8-9H2,(H,24,28)(H,26,27)(H,29,30);1H. The number of nitrogens with one attached hydrogen (secondary N) is 1. The van der Waals surface area contributed by atoms with Crippen LogP contribution < -0.4 is 5.56 Å². The van der Waals surface area contributed by atoms with Gasteiger partial charge in [-0.3, -0.25) is 14.0 Å². The third-order valence-electron chi connectivity index (χ3n) is 5.36. The lowest BCUT2D eigenvalue weighted by molar-refractivity contribution is -0.136. The van der Waals surface area contributed by atoms with E-state index in [9.17, 15) is 24.6 Å². The van der Waals surface area contributed by atoms with E-state index in [0.717, 1.165) is 16.8 Å². The number of nitrogens with zero attached hydrogens (tertiary/aromatic N) is 2. The average molecular weight is 438 g/mol. The molecular weight excluding hydrogens is 422 g/mol. The van der Waals surface area contributed by atoms with Gasteiger partial charge in [-0.1, -0.05) is 30.3 Å². The van der Waals surface area contributed by atoms with Crippen molar-refractivity contribution in [1.29, 1.82) is 0 Å². The fraction of sp³-hybridized carbons (Fsp3) is 0.0909. The van der Waals surface area contributed by atoms with Gasteiger partial charge in [-0.2, -0.15) is 0 Å². The zero-order valence-electron chi connectivity index (χ0n) is 16.0. The second-order valence-electron chi connectivity index (χ2n) is 7.17. The molecule has 2 heterocycles. The number of imidazole rings is 1. The van der Waals surface area contributed by atoms with Crippen LogP contribution in [0.15, 0.2) is 53.5 Å². The molecule has 0 fully saturated rings. The molecule has 0 unspecified atom stereocenters. The monoisotopic (exact) mass is 437 g/mol. The highest BCUT2D eigenvalue weighted by Gasteiger charge is 2.26. The predicted molar refractivity (Wildman–Crippen MR) is 115 cm³/mol. The summed E-state index contributed by atoms with van der Waals surface area (Å²) in [7, 11) is 0. The molecule has 0 amide bonds. The fourth-order valence-corrected chi connectivity index (χ4v) is 4.03. The molecule has 0 bridgehead atoms. The molecule has 0 aliphatic heterocycles. The third kappa shape index (κ3) is 3.27. The number of carbonyl (C=O) groups is 2. The molecule has 4 aromatic rings. The van der Waals surface area contributed by atoms with E-state index in [4.69, 9.17) is 0 Å². The van der Waals surface area contributed by atoms with E-state index in [1.807, 2.05) is 6.07 Å². The molecule has 9 heteroatoms. The minimum atomic E-state index is -1.04. The number of aromatic amines is 1. The van der Waals surface area contributed by atoms with E-state index in [1.165, 1.54) is 12.1 Å². The average Bonchev–Trinajstić information content (AvgIpc) is 3.31. The molecule has 3 N–H and O–H groups in total. The van der Waals surface area contributed by atoms with Crippen LogP contribution in [-0.4, -0.2) is 36.5 Å². The summed E-state index contributed by atoms with van der Waals surface area (Å²) >= 11 is 0. The number of carboxylic acids is 2. The van der Waals surface area contributed by atoms with Gasteiger partial charge in [0.2, 0.25) is 5.65 Å². The number of aromatic carboxylic acids is 1. The SMILES string of the molecule is Cl.O=C(O)Cc1cccc2c1Cc1c-2[nH]c(=O)c2nc(-c3cccc(C(=O)O)c3)cn12. The van der Waals surface area contributed by atoms with E-state index in [0.29, 0.717) is 28.9 Å². The van der Waals surface area contributed by atoms with Crippen LogP contribution in [0, 0.1) is 0 Å². The predicted octanol–water partition coefficient (Wildman–Crippen LogP) is 3.01. The van der Waals surface area contributed by atoms with Crippen LogP contribution in [-0.2, 0) is 17.6 Å².